The van der Waals surface area contributed by atoms with Gasteiger partial charge in [-0.2, -0.15) is 0 Å². The first-order chi connectivity index (χ1) is 7.73. The zero-order valence-electron chi connectivity index (χ0n) is 10.9. The van der Waals surface area contributed by atoms with Crippen LogP contribution in [0.4, 0.5) is 0 Å². The van der Waals surface area contributed by atoms with Gasteiger partial charge in [0.1, 0.15) is 4.60 Å². The smallest absolute Gasteiger partial charge is 0.399 e. The maximum Gasteiger partial charge on any atom is 0.496 e. The van der Waals surface area contributed by atoms with E-state index in [1.54, 1.807) is 0 Å². The quantitative estimate of drug-likeness (QED) is 0.589. The van der Waals surface area contributed by atoms with Crippen molar-refractivity contribution in [2.45, 2.75) is 45.8 Å². The first kappa shape index (κ1) is 13.1. The summed E-state index contributed by atoms with van der Waals surface area (Å²) in [7, 11) is -0.333. The molecule has 1 saturated heterocycles. The standard InChI is InChI=1S/C12H17BBrNO2/c1-8-9(6-7-10(14)15-8)13-16-11(2,3)12(4,5)17-13/h6-7H,1-5H3. The van der Waals surface area contributed by atoms with Gasteiger partial charge >= 0.3 is 7.12 Å². The third kappa shape index (κ3) is 2.28. The van der Waals surface area contributed by atoms with Crippen LogP contribution in [0, 0.1) is 6.92 Å². The largest absolute Gasteiger partial charge is 0.496 e. The second-order valence-corrected chi connectivity index (χ2v) is 6.21. The van der Waals surface area contributed by atoms with E-state index in [1.807, 2.05) is 19.1 Å². The van der Waals surface area contributed by atoms with Gasteiger partial charge in [-0.25, -0.2) is 4.98 Å². The second-order valence-electron chi connectivity index (χ2n) is 5.40. The van der Waals surface area contributed by atoms with Crippen LogP contribution in [0.5, 0.6) is 0 Å². The molecule has 92 valence electrons. The van der Waals surface area contributed by atoms with Crippen LogP contribution in [0.25, 0.3) is 0 Å². The van der Waals surface area contributed by atoms with E-state index in [4.69, 9.17) is 9.31 Å². The van der Waals surface area contributed by atoms with Gasteiger partial charge in [0.25, 0.3) is 0 Å². The number of aromatic nitrogens is 1. The van der Waals surface area contributed by atoms with E-state index in [2.05, 4.69) is 48.6 Å². The number of hydrogen-bond donors (Lipinski definition) is 0. The van der Waals surface area contributed by atoms with Crippen LogP contribution in [0.2, 0.25) is 0 Å². The molecule has 0 unspecified atom stereocenters. The molecule has 1 aliphatic heterocycles. The third-order valence-corrected chi connectivity index (χ3v) is 4.04. The lowest BCUT2D eigenvalue weighted by Gasteiger charge is -2.32. The molecule has 1 aromatic heterocycles. The van der Waals surface area contributed by atoms with Gasteiger partial charge < -0.3 is 9.31 Å². The molecule has 2 rings (SSSR count). The maximum absolute atomic E-state index is 5.99. The van der Waals surface area contributed by atoms with Gasteiger partial charge in [-0.1, -0.05) is 6.07 Å². The highest BCUT2D eigenvalue weighted by Gasteiger charge is 2.52. The topological polar surface area (TPSA) is 31.4 Å². The molecule has 1 fully saturated rings. The molecule has 0 spiro atoms. The number of rotatable bonds is 1. The SMILES string of the molecule is Cc1nc(Br)ccc1B1OC(C)(C)C(C)(C)O1. The van der Waals surface area contributed by atoms with Gasteiger partial charge in [-0.15, -0.1) is 0 Å². The van der Waals surface area contributed by atoms with Crippen LogP contribution in [-0.4, -0.2) is 23.3 Å². The van der Waals surface area contributed by atoms with Gasteiger partial charge in [0.05, 0.1) is 11.2 Å². The molecule has 0 bridgehead atoms. The number of nitrogens with zero attached hydrogens (tertiary/aromatic N) is 1. The van der Waals surface area contributed by atoms with Crippen molar-refractivity contribution in [1.82, 2.24) is 4.98 Å². The Bertz CT molecular complexity index is 432. The molecule has 0 saturated carbocycles. The number of aryl methyl sites for hydroxylation is 1. The average molecular weight is 298 g/mol. The summed E-state index contributed by atoms with van der Waals surface area (Å²) in [5.41, 5.74) is 1.30. The first-order valence-electron chi connectivity index (χ1n) is 5.72. The van der Waals surface area contributed by atoms with Crippen LogP contribution >= 0.6 is 15.9 Å². The summed E-state index contributed by atoms with van der Waals surface area (Å²) in [4.78, 5) is 4.37. The van der Waals surface area contributed by atoms with Crippen molar-refractivity contribution in [2.75, 3.05) is 0 Å². The molecule has 1 aliphatic rings. The fraction of sp³-hybridized carbons (Fsp3) is 0.583. The molecule has 0 aliphatic carbocycles. The minimum absolute atomic E-state index is 0.308. The highest BCUT2D eigenvalue weighted by molar-refractivity contribution is 9.10. The highest BCUT2D eigenvalue weighted by Crippen LogP contribution is 2.36. The lowest BCUT2D eigenvalue weighted by Crippen LogP contribution is -2.41. The van der Waals surface area contributed by atoms with Gasteiger partial charge in [-0.05, 0) is 56.6 Å². The van der Waals surface area contributed by atoms with Crippen LogP contribution in [-0.2, 0) is 9.31 Å². The molecule has 5 heteroatoms. The lowest BCUT2D eigenvalue weighted by atomic mass is 9.78. The Morgan fingerprint density at radius 2 is 1.65 bits per heavy atom. The Morgan fingerprint density at radius 3 is 2.12 bits per heavy atom. The van der Waals surface area contributed by atoms with E-state index in [0.29, 0.717) is 0 Å². The van der Waals surface area contributed by atoms with Gasteiger partial charge in [0.2, 0.25) is 0 Å². The summed E-state index contributed by atoms with van der Waals surface area (Å²) in [5, 5.41) is 0. The number of pyridine rings is 1. The third-order valence-electron chi connectivity index (χ3n) is 3.60. The monoisotopic (exact) mass is 297 g/mol. The molecule has 0 N–H and O–H groups in total. The zero-order chi connectivity index (χ0) is 12.8. The Morgan fingerprint density at radius 1 is 1.12 bits per heavy atom. The predicted molar refractivity (Wildman–Crippen MR) is 72.4 cm³/mol. The second kappa shape index (κ2) is 4.07. The molecule has 17 heavy (non-hydrogen) atoms. The summed E-state index contributed by atoms with van der Waals surface area (Å²) in [6.45, 7) is 10.2. The molecule has 3 nitrogen and oxygen atoms in total. The fourth-order valence-corrected chi connectivity index (χ4v) is 2.16. The fourth-order valence-electron chi connectivity index (χ4n) is 1.76. The Kier molecular flexibility index (Phi) is 3.13. The first-order valence-corrected chi connectivity index (χ1v) is 6.51. The molecule has 0 radical (unpaired) electrons. The van der Waals surface area contributed by atoms with E-state index in [9.17, 15) is 0 Å². The summed E-state index contributed by atoms with van der Waals surface area (Å²) in [6, 6.07) is 3.90. The molecule has 0 aromatic carbocycles. The normalized spacial score (nSPS) is 21.9. The Hall–Kier alpha value is -0.385. The lowest BCUT2D eigenvalue weighted by molar-refractivity contribution is 0.00578. The molecule has 1 aromatic rings. The van der Waals surface area contributed by atoms with Gasteiger partial charge in [-0.3, -0.25) is 0 Å². The number of halogens is 1. The molecular weight excluding hydrogens is 281 g/mol. The van der Waals surface area contributed by atoms with Crippen LogP contribution < -0.4 is 5.46 Å². The van der Waals surface area contributed by atoms with Crippen molar-refractivity contribution in [3.8, 4) is 0 Å². The summed E-state index contributed by atoms with van der Waals surface area (Å²) < 4.78 is 12.8. The van der Waals surface area contributed by atoms with E-state index in [-0.39, 0.29) is 18.3 Å². The van der Waals surface area contributed by atoms with Crippen molar-refractivity contribution in [3.05, 3.63) is 22.4 Å². The zero-order valence-corrected chi connectivity index (χ0v) is 12.5. The number of hydrogen-bond acceptors (Lipinski definition) is 3. The van der Waals surface area contributed by atoms with Gasteiger partial charge in [0.15, 0.2) is 0 Å². The minimum atomic E-state index is -0.333. The van der Waals surface area contributed by atoms with Crippen molar-refractivity contribution in [3.63, 3.8) is 0 Å². The molecule has 0 amide bonds. The van der Waals surface area contributed by atoms with Crippen molar-refractivity contribution >= 4 is 28.5 Å². The van der Waals surface area contributed by atoms with Crippen molar-refractivity contribution in [1.29, 1.82) is 0 Å². The molecule has 2 heterocycles. The average Bonchev–Trinajstić information content (AvgIpc) is 2.35. The summed E-state index contributed by atoms with van der Waals surface area (Å²) in [5.74, 6) is 0. The Labute approximate surface area is 111 Å². The van der Waals surface area contributed by atoms with Gasteiger partial charge in [0, 0.05) is 11.2 Å². The summed E-state index contributed by atoms with van der Waals surface area (Å²) in [6.07, 6.45) is 0. The van der Waals surface area contributed by atoms with E-state index >= 15 is 0 Å². The van der Waals surface area contributed by atoms with E-state index < -0.39 is 0 Å². The van der Waals surface area contributed by atoms with Crippen molar-refractivity contribution in [2.24, 2.45) is 0 Å². The molecule has 0 atom stereocenters. The molecular formula is C12H17BBrNO2. The van der Waals surface area contributed by atoms with Crippen LogP contribution in [0.15, 0.2) is 16.7 Å². The highest BCUT2D eigenvalue weighted by atomic mass is 79.9. The predicted octanol–water partition coefficient (Wildman–Crippen LogP) is 2.45. The summed E-state index contributed by atoms with van der Waals surface area (Å²) >= 11 is 3.36. The van der Waals surface area contributed by atoms with E-state index in [1.165, 1.54) is 0 Å². The minimum Gasteiger partial charge on any atom is -0.399 e. The van der Waals surface area contributed by atoms with Crippen LogP contribution in [0.1, 0.15) is 33.4 Å². The Balaban J connectivity index is 2.32. The maximum atomic E-state index is 5.99. The van der Waals surface area contributed by atoms with Crippen LogP contribution in [0.3, 0.4) is 0 Å². The van der Waals surface area contributed by atoms with Crippen molar-refractivity contribution < 1.29 is 9.31 Å². The van der Waals surface area contributed by atoms with E-state index in [0.717, 1.165) is 15.8 Å².